The maximum Gasteiger partial charge on any atom is 1.00 e. The summed E-state index contributed by atoms with van der Waals surface area (Å²) in [5.41, 5.74) is 0. The maximum atomic E-state index is 10.2. The minimum absolute atomic E-state index is 0. The Bertz CT molecular complexity index is 328. The Kier molecular flexibility index (Phi) is 24.0. The van der Waals surface area contributed by atoms with Crippen molar-refractivity contribution >= 4 is 6.16 Å². The minimum atomic E-state index is -2.33. The molecule has 2 rings (SSSR count). The largest absolute Gasteiger partial charge is 1.00 e. The predicted octanol–water partition coefficient (Wildman–Crippen LogP) is -5.25. The summed E-state index contributed by atoms with van der Waals surface area (Å²) in [5.74, 6) is 0. The van der Waals surface area contributed by atoms with Crippen molar-refractivity contribution in [1.29, 1.82) is 0 Å². The van der Waals surface area contributed by atoms with Crippen LogP contribution in [0.25, 0.3) is 0 Å². The zero-order valence-electron chi connectivity index (χ0n) is 14.5. The van der Waals surface area contributed by atoms with E-state index in [0.717, 1.165) is 51.4 Å². The number of hydrogen-bond acceptors (Lipinski definition) is 7. The van der Waals surface area contributed by atoms with Crippen molar-refractivity contribution in [3.8, 4) is 0 Å². The Balaban J connectivity index is -0.000000283. The van der Waals surface area contributed by atoms with Crippen molar-refractivity contribution in [3.63, 3.8) is 0 Å². The van der Waals surface area contributed by atoms with Crippen molar-refractivity contribution in [2.45, 2.75) is 76.3 Å². The quantitative estimate of drug-likeness (QED) is 0.257. The van der Waals surface area contributed by atoms with E-state index in [1.807, 2.05) is 0 Å². The van der Waals surface area contributed by atoms with E-state index >= 15 is 0 Å². The second-order valence-electron chi connectivity index (χ2n) is 5.40. The first-order valence-electron chi connectivity index (χ1n) is 7.49. The molecule has 0 spiro atoms. The van der Waals surface area contributed by atoms with Crippen LogP contribution in [0.5, 0.6) is 0 Å². The number of carbonyl (C=O) groups is 1. The van der Waals surface area contributed by atoms with Crippen LogP contribution >= 0.6 is 0 Å². The first-order valence-corrected chi connectivity index (χ1v) is 7.49. The normalized spacial score (nSPS) is 17.3. The Labute approximate surface area is 226 Å². The molecular weight excluding hydrogens is 374 g/mol. The van der Waals surface area contributed by atoms with Crippen molar-refractivity contribution in [2.24, 2.45) is 0 Å². The molecule has 0 aliphatic heterocycles. The fourth-order valence-corrected chi connectivity index (χ4v) is 2.58. The van der Waals surface area contributed by atoms with Gasteiger partial charge in [-0.15, -0.1) is 0 Å². The fourth-order valence-electron chi connectivity index (χ4n) is 2.58. The van der Waals surface area contributed by atoms with Crippen LogP contribution in [0.2, 0.25) is 0 Å². The van der Waals surface area contributed by atoms with Crippen LogP contribution in [0.15, 0.2) is 0 Å². The molecule has 2 aliphatic rings. The first-order chi connectivity index (χ1) is 10.3. The second-order valence-corrected chi connectivity index (χ2v) is 5.40. The molecule has 0 amide bonds. The average Bonchev–Trinajstić information content (AvgIpc) is 2.49. The van der Waals surface area contributed by atoms with Gasteiger partial charge in [-0.05, 0) is 31.8 Å². The third-order valence-electron chi connectivity index (χ3n) is 3.75. The molecule has 2 aliphatic carbocycles. The van der Waals surface area contributed by atoms with Gasteiger partial charge >= 0.3 is 103 Å². The summed E-state index contributed by atoms with van der Waals surface area (Å²) in [6.45, 7) is 0. The van der Waals surface area contributed by atoms with E-state index in [1.54, 1.807) is 0 Å². The van der Waals surface area contributed by atoms with E-state index in [2.05, 4.69) is 0 Å². The first kappa shape index (κ1) is 30.1. The van der Waals surface area contributed by atoms with Crippen LogP contribution in [-0.4, -0.2) is 28.1 Å². The molecule has 0 N–H and O–H groups in total. The van der Waals surface area contributed by atoms with Crippen molar-refractivity contribution in [3.05, 3.63) is 20.2 Å². The molecule has 0 saturated heterocycles. The molecule has 0 aromatic rings. The van der Waals surface area contributed by atoms with Gasteiger partial charge < -0.3 is 15.0 Å². The van der Waals surface area contributed by atoms with E-state index < -0.39 is 6.16 Å². The van der Waals surface area contributed by atoms with Gasteiger partial charge in [-0.1, -0.05) is 12.8 Å². The molecule has 0 aromatic carbocycles. The predicted molar refractivity (Wildman–Crippen MR) is 73.1 cm³/mol. The standard InChI is InChI=1S/2C6H11NO2.CH2O3.2K/c2*8-7(9)6-4-2-1-3-5-6;2-1(3)4;;/h2*6H,1-5H2;(H2,2,3,4);;/q;;;2*+1/p-2. The third kappa shape index (κ3) is 18.1. The van der Waals surface area contributed by atoms with Gasteiger partial charge in [0, 0.05) is 35.5 Å². The Hall–Kier alpha value is 1.34. The van der Waals surface area contributed by atoms with Gasteiger partial charge in [0.2, 0.25) is 12.1 Å². The van der Waals surface area contributed by atoms with Crippen LogP contribution in [0, 0.1) is 20.2 Å². The molecule has 0 bridgehead atoms. The number of nitro groups is 2. The van der Waals surface area contributed by atoms with Gasteiger partial charge in [-0.2, -0.15) is 0 Å². The van der Waals surface area contributed by atoms with Crippen molar-refractivity contribution < 1.29 is 128 Å². The minimum Gasteiger partial charge on any atom is -0.652 e. The number of rotatable bonds is 2. The van der Waals surface area contributed by atoms with Crippen LogP contribution in [0.3, 0.4) is 0 Å². The molecule has 9 nitrogen and oxygen atoms in total. The summed E-state index contributed by atoms with van der Waals surface area (Å²) in [5, 5.41) is 37.0. The summed E-state index contributed by atoms with van der Waals surface area (Å²) in [7, 11) is 0. The maximum absolute atomic E-state index is 10.2. The number of carbonyl (C=O) groups excluding carboxylic acids is 1. The van der Waals surface area contributed by atoms with Gasteiger partial charge in [0.05, 0.1) is 0 Å². The summed E-state index contributed by atoms with van der Waals surface area (Å²) in [4.78, 5) is 28.4. The topological polar surface area (TPSA) is 149 Å². The van der Waals surface area contributed by atoms with Crippen LogP contribution < -0.4 is 113 Å². The number of nitrogens with zero attached hydrogens (tertiary/aromatic N) is 2. The molecular formula is C13H22K2N2O7. The molecule has 2 saturated carbocycles. The van der Waals surface area contributed by atoms with Gasteiger partial charge in [0.25, 0.3) is 0 Å². The summed E-state index contributed by atoms with van der Waals surface area (Å²) in [6.07, 6.45) is 7.42. The Morgan fingerprint density at radius 2 is 0.875 bits per heavy atom. The molecule has 11 heteroatoms. The molecule has 128 valence electrons. The Morgan fingerprint density at radius 3 is 1.00 bits per heavy atom. The third-order valence-corrected chi connectivity index (χ3v) is 3.75. The van der Waals surface area contributed by atoms with Crippen LogP contribution in [0.4, 0.5) is 4.79 Å². The van der Waals surface area contributed by atoms with Crippen LogP contribution in [0.1, 0.15) is 64.2 Å². The molecule has 0 atom stereocenters. The molecule has 0 unspecified atom stereocenters. The van der Waals surface area contributed by atoms with E-state index in [9.17, 15) is 20.2 Å². The van der Waals surface area contributed by atoms with Crippen molar-refractivity contribution in [1.82, 2.24) is 0 Å². The summed E-state index contributed by atoms with van der Waals surface area (Å²) < 4.78 is 0. The smallest absolute Gasteiger partial charge is 0.652 e. The SMILES string of the molecule is O=C([O-])[O-].O=[N+]([O-])C1CCCCC1.O=[N+]([O-])C1CCCCC1.[K+].[K+]. The molecule has 24 heavy (non-hydrogen) atoms. The summed E-state index contributed by atoms with van der Waals surface area (Å²) >= 11 is 0. The zero-order chi connectivity index (χ0) is 17.0. The van der Waals surface area contributed by atoms with Gasteiger partial charge in [0.1, 0.15) is 0 Å². The molecule has 0 aromatic heterocycles. The van der Waals surface area contributed by atoms with E-state index in [-0.39, 0.29) is 125 Å². The average molecular weight is 397 g/mol. The molecule has 0 heterocycles. The number of carboxylic acid groups (broad SMARTS) is 2. The summed E-state index contributed by atoms with van der Waals surface area (Å²) in [6, 6.07) is -0.447. The van der Waals surface area contributed by atoms with E-state index in [1.165, 1.54) is 12.8 Å². The van der Waals surface area contributed by atoms with Gasteiger partial charge in [-0.25, -0.2) is 0 Å². The van der Waals surface area contributed by atoms with E-state index in [4.69, 9.17) is 15.0 Å². The fraction of sp³-hybridized carbons (Fsp3) is 0.923. The Morgan fingerprint density at radius 1 is 0.667 bits per heavy atom. The monoisotopic (exact) mass is 396 g/mol. The van der Waals surface area contributed by atoms with E-state index in [0.29, 0.717) is 0 Å². The van der Waals surface area contributed by atoms with Crippen molar-refractivity contribution in [2.75, 3.05) is 0 Å². The zero-order valence-corrected chi connectivity index (χ0v) is 20.7. The molecule has 0 radical (unpaired) electrons. The second kappa shape index (κ2) is 19.1. The van der Waals surface area contributed by atoms with Gasteiger partial charge in [0.15, 0.2) is 0 Å². The number of hydrogen-bond donors (Lipinski definition) is 0. The molecule has 2 fully saturated rings. The van der Waals surface area contributed by atoms with Crippen LogP contribution in [-0.2, 0) is 0 Å². The van der Waals surface area contributed by atoms with Gasteiger partial charge in [-0.3, -0.25) is 20.2 Å².